The second kappa shape index (κ2) is 9.10. The highest BCUT2D eigenvalue weighted by Gasteiger charge is 2.29. The fourth-order valence-electron chi connectivity index (χ4n) is 4.48. The third kappa shape index (κ3) is 4.44. The Morgan fingerprint density at radius 3 is 2.68 bits per heavy atom. The van der Waals surface area contributed by atoms with E-state index in [4.69, 9.17) is 5.73 Å². The summed E-state index contributed by atoms with van der Waals surface area (Å²) in [5.41, 5.74) is 8.44. The number of fused-ring (bicyclic) bond motifs is 1. The van der Waals surface area contributed by atoms with Crippen molar-refractivity contribution in [2.45, 2.75) is 38.1 Å². The molecule has 2 heterocycles. The van der Waals surface area contributed by atoms with Crippen molar-refractivity contribution in [1.29, 1.82) is 0 Å². The maximum atomic E-state index is 13.6. The zero-order valence-electron chi connectivity index (χ0n) is 18.1. The number of nitrogens with zero attached hydrogens (tertiary/aromatic N) is 2. The lowest BCUT2D eigenvalue weighted by atomic mass is 9.97. The molecule has 5 nitrogen and oxygen atoms in total. The van der Waals surface area contributed by atoms with Gasteiger partial charge in [-0.3, -0.25) is 9.59 Å². The smallest absolute Gasteiger partial charge is 0.259 e. The Morgan fingerprint density at radius 1 is 1.10 bits per heavy atom. The van der Waals surface area contributed by atoms with Gasteiger partial charge in [-0.05, 0) is 54.5 Å². The molecule has 3 aromatic rings. The highest BCUT2D eigenvalue weighted by Crippen LogP contribution is 2.34. The van der Waals surface area contributed by atoms with Gasteiger partial charge in [-0.15, -0.1) is 11.3 Å². The van der Waals surface area contributed by atoms with Gasteiger partial charge in [0.15, 0.2) is 0 Å². The Balaban J connectivity index is 1.69. The lowest BCUT2D eigenvalue weighted by molar-refractivity contribution is 0.0682. The van der Waals surface area contributed by atoms with Crippen molar-refractivity contribution >= 4 is 38.9 Å². The first-order chi connectivity index (χ1) is 15.0. The van der Waals surface area contributed by atoms with E-state index in [0.717, 1.165) is 53.6 Å². The summed E-state index contributed by atoms with van der Waals surface area (Å²) in [6.07, 6.45) is 4.79. The molecule has 4 rings (SSSR count). The molecule has 1 unspecified atom stereocenters. The van der Waals surface area contributed by atoms with Gasteiger partial charge in [0.1, 0.15) is 0 Å². The Bertz CT molecular complexity index is 1110. The lowest BCUT2D eigenvalue weighted by Crippen LogP contribution is -2.41. The van der Waals surface area contributed by atoms with E-state index >= 15 is 0 Å². The molecule has 1 aliphatic rings. The van der Waals surface area contributed by atoms with E-state index in [-0.39, 0.29) is 17.9 Å². The zero-order valence-corrected chi connectivity index (χ0v) is 19.0. The van der Waals surface area contributed by atoms with Crippen LogP contribution in [0.2, 0.25) is 0 Å². The fourth-order valence-corrected chi connectivity index (χ4v) is 5.56. The summed E-state index contributed by atoms with van der Waals surface area (Å²) < 4.78 is 1.07. The number of thiophene rings is 1. The number of rotatable bonds is 5. The third-order valence-corrected chi connectivity index (χ3v) is 7.34. The average Bonchev–Trinajstić information content (AvgIpc) is 2.97. The second-order valence-electron chi connectivity index (χ2n) is 8.42. The number of amides is 2. The van der Waals surface area contributed by atoms with Crippen molar-refractivity contribution in [3.8, 4) is 0 Å². The Hall–Kier alpha value is -2.86. The van der Waals surface area contributed by atoms with Crippen molar-refractivity contribution in [2.24, 2.45) is 5.73 Å². The van der Waals surface area contributed by atoms with Crippen LogP contribution in [0.4, 0.5) is 5.69 Å². The minimum atomic E-state index is -0.388. The minimum Gasteiger partial charge on any atom is -0.378 e. The Labute approximate surface area is 187 Å². The Kier molecular flexibility index (Phi) is 6.28. The first kappa shape index (κ1) is 21.4. The summed E-state index contributed by atoms with van der Waals surface area (Å²) >= 11 is 1.45. The maximum Gasteiger partial charge on any atom is 0.259 e. The van der Waals surface area contributed by atoms with E-state index in [1.54, 1.807) is 0 Å². The molecule has 0 aliphatic carbocycles. The Morgan fingerprint density at radius 2 is 1.90 bits per heavy atom. The van der Waals surface area contributed by atoms with Crippen LogP contribution in [0.5, 0.6) is 0 Å². The van der Waals surface area contributed by atoms with Gasteiger partial charge >= 0.3 is 0 Å². The predicted molar refractivity (Wildman–Crippen MR) is 128 cm³/mol. The van der Waals surface area contributed by atoms with Gasteiger partial charge in [0.05, 0.1) is 4.88 Å². The monoisotopic (exact) mass is 435 g/mol. The lowest BCUT2D eigenvalue weighted by Gasteiger charge is -2.31. The number of carbonyl (C=O) groups is 2. The topological polar surface area (TPSA) is 66.6 Å². The van der Waals surface area contributed by atoms with Crippen LogP contribution in [0, 0.1) is 0 Å². The van der Waals surface area contributed by atoms with Crippen molar-refractivity contribution in [1.82, 2.24) is 4.90 Å². The highest BCUT2D eigenvalue weighted by atomic mass is 32.1. The molecule has 1 aromatic heterocycles. The maximum absolute atomic E-state index is 13.6. The quantitative estimate of drug-likeness (QED) is 0.632. The van der Waals surface area contributed by atoms with Crippen LogP contribution in [-0.4, -0.2) is 43.4 Å². The van der Waals surface area contributed by atoms with Crippen LogP contribution in [0.25, 0.3) is 10.1 Å². The van der Waals surface area contributed by atoms with Crippen molar-refractivity contribution in [3.63, 3.8) is 0 Å². The average molecular weight is 436 g/mol. The van der Waals surface area contributed by atoms with Crippen LogP contribution in [0.1, 0.15) is 51.3 Å². The van der Waals surface area contributed by atoms with Gasteiger partial charge < -0.3 is 15.5 Å². The number of likely N-dealkylation sites (tertiary alicyclic amines) is 1. The molecule has 162 valence electrons. The van der Waals surface area contributed by atoms with E-state index in [2.05, 4.69) is 6.07 Å². The van der Waals surface area contributed by atoms with Crippen LogP contribution in [0.3, 0.4) is 0 Å². The molecule has 6 heteroatoms. The molecule has 0 radical (unpaired) electrons. The first-order valence-corrected chi connectivity index (χ1v) is 11.7. The molecule has 2 aromatic carbocycles. The zero-order chi connectivity index (χ0) is 22.0. The summed E-state index contributed by atoms with van der Waals surface area (Å²) in [6.45, 7) is 0.740. The number of anilines is 1. The number of carbonyl (C=O) groups excluding carboxylic acids is 2. The molecular weight excluding hydrogens is 406 g/mol. The van der Waals surface area contributed by atoms with E-state index < -0.39 is 0 Å². The van der Waals surface area contributed by atoms with Gasteiger partial charge in [-0.2, -0.15) is 0 Å². The van der Waals surface area contributed by atoms with Crippen LogP contribution >= 0.6 is 11.3 Å². The number of hydrogen-bond donors (Lipinski definition) is 1. The molecule has 2 amide bonds. The molecule has 0 spiro atoms. The summed E-state index contributed by atoms with van der Waals surface area (Å²) in [4.78, 5) is 30.4. The van der Waals surface area contributed by atoms with Gasteiger partial charge in [0, 0.05) is 42.6 Å². The molecular formula is C25H29N3O2S. The van der Waals surface area contributed by atoms with Crippen molar-refractivity contribution in [3.05, 3.63) is 64.5 Å². The summed E-state index contributed by atoms with van der Waals surface area (Å²) in [5, 5.41) is 1.08. The van der Waals surface area contributed by atoms with E-state index in [9.17, 15) is 9.59 Å². The fraction of sp³-hybridized carbons (Fsp3) is 0.360. The number of primary amides is 1. The number of nitrogens with two attached hydrogens (primary N) is 1. The molecule has 1 fully saturated rings. The normalized spacial score (nSPS) is 16.8. The highest BCUT2D eigenvalue weighted by molar-refractivity contribution is 7.21. The van der Waals surface area contributed by atoms with Crippen LogP contribution in [0.15, 0.2) is 48.5 Å². The SMILES string of the molecule is CN(C)c1cccc(C(=O)N2CCCCCC2Cc2c(C(N)=O)sc3ccccc23)c1. The second-order valence-corrected chi connectivity index (χ2v) is 9.47. The largest absolute Gasteiger partial charge is 0.378 e. The minimum absolute atomic E-state index is 0.0501. The number of benzene rings is 2. The van der Waals surface area contributed by atoms with E-state index in [1.165, 1.54) is 11.3 Å². The summed E-state index contributed by atoms with van der Waals surface area (Å²) in [7, 11) is 3.96. The molecule has 1 atom stereocenters. The molecule has 1 aliphatic heterocycles. The molecule has 31 heavy (non-hydrogen) atoms. The van der Waals surface area contributed by atoms with Crippen molar-refractivity contribution < 1.29 is 9.59 Å². The van der Waals surface area contributed by atoms with Gasteiger partial charge in [-0.1, -0.05) is 37.1 Å². The molecule has 1 saturated heterocycles. The van der Waals surface area contributed by atoms with E-state index in [1.807, 2.05) is 66.4 Å². The summed E-state index contributed by atoms with van der Waals surface area (Å²) in [6, 6.07) is 15.9. The van der Waals surface area contributed by atoms with Gasteiger partial charge in [0.2, 0.25) is 0 Å². The van der Waals surface area contributed by atoms with Crippen LogP contribution in [-0.2, 0) is 6.42 Å². The summed E-state index contributed by atoms with van der Waals surface area (Å²) in [5.74, 6) is -0.322. The molecule has 2 N–H and O–H groups in total. The first-order valence-electron chi connectivity index (χ1n) is 10.8. The molecule has 0 bridgehead atoms. The van der Waals surface area contributed by atoms with E-state index in [0.29, 0.717) is 16.9 Å². The standard InChI is InChI=1S/C25H29N3O2S/c1-27(2)18-11-8-9-17(15-18)25(30)28-14-7-3-4-10-19(28)16-21-20-12-5-6-13-22(20)31-23(21)24(26)29/h5-6,8-9,11-13,15,19H,3-4,7,10,14,16H2,1-2H3,(H2,26,29). The van der Waals surface area contributed by atoms with Gasteiger partial charge in [-0.25, -0.2) is 0 Å². The van der Waals surface area contributed by atoms with Crippen molar-refractivity contribution in [2.75, 3.05) is 25.5 Å². The number of hydrogen-bond acceptors (Lipinski definition) is 4. The third-order valence-electron chi connectivity index (χ3n) is 6.11. The molecule has 0 saturated carbocycles. The van der Waals surface area contributed by atoms with Gasteiger partial charge in [0.25, 0.3) is 11.8 Å². The van der Waals surface area contributed by atoms with Crippen LogP contribution < -0.4 is 10.6 Å². The predicted octanol–water partition coefficient (Wildman–Crippen LogP) is 4.69.